The molecule has 0 aliphatic carbocycles. The van der Waals surface area contributed by atoms with Crippen molar-refractivity contribution in [2.75, 3.05) is 13.6 Å². The molecule has 106 valence electrons. The van der Waals surface area contributed by atoms with Crippen LogP contribution < -0.4 is 5.73 Å². The summed E-state index contributed by atoms with van der Waals surface area (Å²) in [6.45, 7) is 5.78. The largest absolute Gasteiger partial charge is 0.329 e. The molecule has 0 saturated heterocycles. The number of nitrogens with two attached hydrogens (primary N) is 1. The van der Waals surface area contributed by atoms with E-state index in [1.165, 1.54) is 22.3 Å². The number of aromatic nitrogens is 1. The highest BCUT2D eigenvalue weighted by Gasteiger charge is 2.18. The molecule has 1 atom stereocenters. The van der Waals surface area contributed by atoms with E-state index in [1.54, 1.807) is 6.20 Å². The molecule has 0 radical (unpaired) electrons. The average molecular weight is 269 g/mol. The lowest BCUT2D eigenvalue weighted by molar-refractivity contribution is 0.241. The predicted molar refractivity (Wildman–Crippen MR) is 83.4 cm³/mol. The van der Waals surface area contributed by atoms with E-state index < -0.39 is 0 Å². The van der Waals surface area contributed by atoms with Crippen molar-refractivity contribution in [1.29, 1.82) is 0 Å². The molecule has 0 aliphatic rings. The Hall–Kier alpha value is -1.71. The third-order valence-corrected chi connectivity index (χ3v) is 3.92. The lowest BCUT2D eigenvalue weighted by Crippen LogP contribution is -2.30. The molecule has 2 N–H and O–H groups in total. The Balaban J connectivity index is 2.21. The topological polar surface area (TPSA) is 42.1 Å². The number of pyridine rings is 1. The highest BCUT2D eigenvalue weighted by atomic mass is 15.1. The third-order valence-electron chi connectivity index (χ3n) is 3.92. The quantitative estimate of drug-likeness (QED) is 0.907. The SMILES string of the molecule is Cc1cccc(C(CN)N(C)Cc2cccnc2)c1C. The zero-order valence-electron chi connectivity index (χ0n) is 12.5. The van der Waals surface area contributed by atoms with Gasteiger partial charge >= 0.3 is 0 Å². The first kappa shape index (κ1) is 14.7. The summed E-state index contributed by atoms with van der Waals surface area (Å²) < 4.78 is 0. The molecular weight excluding hydrogens is 246 g/mol. The van der Waals surface area contributed by atoms with Gasteiger partial charge in [-0.1, -0.05) is 24.3 Å². The van der Waals surface area contributed by atoms with Crippen molar-refractivity contribution in [2.24, 2.45) is 5.73 Å². The molecule has 3 nitrogen and oxygen atoms in total. The van der Waals surface area contributed by atoms with Crippen molar-refractivity contribution < 1.29 is 0 Å². The Morgan fingerprint density at radius 2 is 2.00 bits per heavy atom. The second-order valence-electron chi connectivity index (χ2n) is 5.32. The second-order valence-corrected chi connectivity index (χ2v) is 5.32. The number of hydrogen-bond acceptors (Lipinski definition) is 3. The molecule has 0 fully saturated rings. The molecule has 1 aromatic carbocycles. The number of likely N-dealkylation sites (N-methyl/N-ethyl adjacent to an activating group) is 1. The normalized spacial score (nSPS) is 12.7. The Labute approximate surface area is 121 Å². The minimum Gasteiger partial charge on any atom is -0.329 e. The lowest BCUT2D eigenvalue weighted by Gasteiger charge is -2.29. The molecule has 20 heavy (non-hydrogen) atoms. The van der Waals surface area contributed by atoms with Gasteiger partial charge in [0.05, 0.1) is 0 Å². The van der Waals surface area contributed by atoms with Crippen LogP contribution in [0.1, 0.15) is 28.3 Å². The molecule has 2 aromatic rings. The maximum absolute atomic E-state index is 6.02. The Bertz CT molecular complexity index is 551. The first-order chi connectivity index (χ1) is 9.63. The van der Waals surface area contributed by atoms with E-state index in [9.17, 15) is 0 Å². The number of aryl methyl sites for hydroxylation is 1. The maximum Gasteiger partial charge on any atom is 0.0473 e. The van der Waals surface area contributed by atoms with Gasteiger partial charge in [0.1, 0.15) is 0 Å². The van der Waals surface area contributed by atoms with Gasteiger partial charge in [-0.25, -0.2) is 0 Å². The van der Waals surface area contributed by atoms with Crippen LogP contribution in [-0.2, 0) is 6.54 Å². The van der Waals surface area contributed by atoms with Crippen molar-refractivity contribution >= 4 is 0 Å². The van der Waals surface area contributed by atoms with Crippen molar-refractivity contribution in [3.05, 3.63) is 65.0 Å². The van der Waals surface area contributed by atoms with E-state index in [4.69, 9.17) is 5.73 Å². The van der Waals surface area contributed by atoms with E-state index in [2.05, 4.69) is 55.0 Å². The summed E-state index contributed by atoms with van der Waals surface area (Å²) in [7, 11) is 2.12. The highest BCUT2D eigenvalue weighted by Crippen LogP contribution is 2.25. The summed E-state index contributed by atoms with van der Waals surface area (Å²) in [5.74, 6) is 0. The highest BCUT2D eigenvalue weighted by molar-refractivity contribution is 5.35. The summed E-state index contributed by atoms with van der Waals surface area (Å²) >= 11 is 0. The predicted octanol–water partition coefficient (Wildman–Crippen LogP) is 2.83. The van der Waals surface area contributed by atoms with Gasteiger partial charge in [-0.15, -0.1) is 0 Å². The smallest absolute Gasteiger partial charge is 0.0473 e. The Kier molecular flexibility index (Phi) is 4.88. The first-order valence-electron chi connectivity index (χ1n) is 6.98. The van der Waals surface area contributed by atoms with Crippen LogP contribution in [0.5, 0.6) is 0 Å². The molecule has 0 bridgehead atoms. The van der Waals surface area contributed by atoms with E-state index in [-0.39, 0.29) is 6.04 Å². The van der Waals surface area contributed by atoms with Gasteiger partial charge in [0, 0.05) is 31.5 Å². The van der Waals surface area contributed by atoms with Crippen LogP contribution >= 0.6 is 0 Å². The molecule has 3 heteroatoms. The third kappa shape index (κ3) is 3.24. The molecule has 1 aromatic heterocycles. The van der Waals surface area contributed by atoms with Crippen LogP contribution in [0.15, 0.2) is 42.7 Å². The molecule has 2 rings (SSSR count). The standard InChI is InChI=1S/C17H23N3/c1-13-6-4-8-16(14(13)2)17(10-18)20(3)12-15-7-5-9-19-11-15/h4-9,11,17H,10,12,18H2,1-3H3. The Morgan fingerprint density at radius 3 is 2.65 bits per heavy atom. The van der Waals surface area contributed by atoms with E-state index in [1.807, 2.05) is 12.3 Å². The van der Waals surface area contributed by atoms with E-state index in [0.29, 0.717) is 6.54 Å². The van der Waals surface area contributed by atoms with Crippen LogP contribution in [0, 0.1) is 13.8 Å². The van der Waals surface area contributed by atoms with Gasteiger partial charge in [-0.05, 0) is 49.2 Å². The summed E-state index contributed by atoms with van der Waals surface area (Å²) in [5.41, 5.74) is 11.2. The molecule has 0 aliphatic heterocycles. The van der Waals surface area contributed by atoms with Gasteiger partial charge in [-0.2, -0.15) is 0 Å². The van der Waals surface area contributed by atoms with Gasteiger partial charge in [0.2, 0.25) is 0 Å². The second kappa shape index (κ2) is 6.64. The van der Waals surface area contributed by atoms with Gasteiger partial charge < -0.3 is 5.73 Å². The van der Waals surface area contributed by atoms with Crippen LogP contribution in [0.4, 0.5) is 0 Å². The van der Waals surface area contributed by atoms with Crippen molar-refractivity contribution in [1.82, 2.24) is 9.88 Å². The summed E-state index contributed by atoms with van der Waals surface area (Å²) in [5, 5.41) is 0. The van der Waals surface area contributed by atoms with Crippen LogP contribution in [0.2, 0.25) is 0 Å². The van der Waals surface area contributed by atoms with Crippen LogP contribution in [0.3, 0.4) is 0 Å². The average Bonchev–Trinajstić information content (AvgIpc) is 2.45. The summed E-state index contributed by atoms with van der Waals surface area (Å²) in [6.07, 6.45) is 3.71. The maximum atomic E-state index is 6.02. The monoisotopic (exact) mass is 269 g/mol. The van der Waals surface area contributed by atoms with Crippen molar-refractivity contribution in [3.63, 3.8) is 0 Å². The van der Waals surface area contributed by atoms with Crippen LogP contribution in [0.25, 0.3) is 0 Å². The van der Waals surface area contributed by atoms with Crippen molar-refractivity contribution in [2.45, 2.75) is 26.4 Å². The fraction of sp³-hybridized carbons (Fsp3) is 0.353. The zero-order valence-corrected chi connectivity index (χ0v) is 12.5. The minimum absolute atomic E-state index is 0.232. The van der Waals surface area contributed by atoms with Gasteiger partial charge in [0.25, 0.3) is 0 Å². The molecule has 1 unspecified atom stereocenters. The zero-order chi connectivity index (χ0) is 14.5. The fourth-order valence-corrected chi connectivity index (χ4v) is 2.57. The molecule has 0 amide bonds. The molecular formula is C17H23N3. The molecule has 1 heterocycles. The summed E-state index contributed by atoms with van der Waals surface area (Å²) in [6, 6.07) is 10.7. The lowest BCUT2D eigenvalue weighted by atomic mass is 9.96. The molecule has 0 saturated carbocycles. The van der Waals surface area contributed by atoms with Crippen molar-refractivity contribution in [3.8, 4) is 0 Å². The van der Waals surface area contributed by atoms with Crippen LogP contribution in [-0.4, -0.2) is 23.5 Å². The number of rotatable bonds is 5. The van der Waals surface area contributed by atoms with Gasteiger partial charge in [-0.3, -0.25) is 9.88 Å². The fourth-order valence-electron chi connectivity index (χ4n) is 2.57. The number of benzene rings is 1. The van der Waals surface area contributed by atoms with E-state index in [0.717, 1.165) is 6.54 Å². The number of hydrogen-bond donors (Lipinski definition) is 1. The Morgan fingerprint density at radius 1 is 1.20 bits per heavy atom. The molecule has 0 spiro atoms. The minimum atomic E-state index is 0.232. The summed E-state index contributed by atoms with van der Waals surface area (Å²) in [4.78, 5) is 6.46. The number of nitrogens with zero attached hydrogens (tertiary/aromatic N) is 2. The first-order valence-corrected chi connectivity index (χ1v) is 6.98. The van der Waals surface area contributed by atoms with Gasteiger partial charge in [0.15, 0.2) is 0 Å². The van der Waals surface area contributed by atoms with E-state index >= 15 is 0 Å².